The van der Waals surface area contributed by atoms with Crippen molar-refractivity contribution in [2.75, 3.05) is 5.32 Å². The lowest BCUT2D eigenvalue weighted by atomic mass is 10.0. The second kappa shape index (κ2) is 8.61. The first-order valence-electron chi connectivity index (χ1n) is 9.70. The summed E-state index contributed by atoms with van der Waals surface area (Å²) in [6, 6.07) is 27.7. The predicted molar refractivity (Wildman–Crippen MR) is 117 cm³/mol. The number of hydrogen-bond acceptors (Lipinski definition) is 4. The number of ether oxygens (including phenoxy) is 1. The minimum atomic E-state index is -0.557. The van der Waals surface area contributed by atoms with Crippen LogP contribution in [0.3, 0.4) is 0 Å². The Hall–Kier alpha value is -3.93. The van der Waals surface area contributed by atoms with E-state index in [1.54, 1.807) is 7.05 Å². The predicted octanol–water partition coefficient (Wildman–Crippen LogP) is 5.46. The van der Waals surface area contributed by atoms with Crippen molar-refractivity contribution in [3.63, 3.8) is 0 Å². The number of hydrogen-bond donors (Lipinski definition) is 1. The van der Waals surface area contributed by atoms with E-state index in [1.165, 1.54) is 4.68 Å². The minimum absolute atomic E-state index is 0.374. The number of aromatic nitrogens is 3. The van der Waals surface area contributed by atoms with Crippen molar-refractivity contribution in [3.05, 3.63) is 90.5 Å². The van der Waals surface area contributed by atoms with Gasteiger partial charge in [-0.05, 0) is 23.6 Å². The van der Waals surface area contributed by atoms with Crippen molar-refractivity contribution in [2.45, 2.75) is 13.0 Å². The average Bonchev–Trinajstić information content (AvgIpc) is 3.15. The van der Waals surface area contributed by atoms with Gasteiger partial charge in [-0.2, -0.15) is 0 Å². The number of benzene rings is 3. The normalized spacial score (nSPS) is 11.7. The quantitative estimate of drug-likeness (QED) is 0.485. The highest BCUT2D eigenvalue weighted by molar-refractivity contribution is 5.89. The Kier molecular flexibility index (Phi) is 5.57. The summed E-state index contributed by atoms with van der Waals surface area (Å²) in [5.41, 5.74) is 4.61. The van der Waals surface area contributed by atoms with Gasteiger partial charge in [0.25, 0.3) is 0 Å². The summed E-state index contributed by atoms with van der Waals surface area (Å²) in [6.07, 6.45) is -0.931. The highest BCUT2D eigenvalue weighted by Crippen LogP contribution is 2.28. The van der Waals surface area contributed by atoms with Crippen molar-refractivity contribution in [3.8, 4) is 22.4 Å². The van der Waals surface area contributed by atoms with Gasteiger partial charge in [0.2, 0.25) is 0 Å². The summed E-state index contributed by atoms with van der Waals surface area (Å²) >= 11 is 0. The van der Waals surface area contributed by atoms with Crippen molar-refractivity contribution >= 4 is 11.9 Å². The van der Waals surface area contributed by atoms with E-state index in [2.05, 4.69) is 27.8 Å². The molecule has 30 heavy (non-hydrogen) atoms. The smallest absolute Gasteiger partial charge is 0.413 e. The molecule has 4 aromatic rings. The third-order valence-electron chi connectivity index (χ3n) is 4.87. The molecule has 0 bridgehead atoms. The van der Waals surface area contributed by atoms with Crippen molar-refractivity contribution in [2.24, 2.45) is 7.05 Å². The SMILES string of the molecule is C[C@@H](OC(=O)Nc1c(-c2ccc(-c3ccccc3)cc2)nnn1C)c1ccccc1. The fourth-order valence-electron chi connectivity index (χ4n) is 3.22. The van der Waals surface area contributed by atoms with Crippen LogP contribution in [0.1, 0.15) is 18.6 Å². The van der Waals surface area contributed by atoms with E-state index in [9.17, 15) is 4.79 Å². The molecule has 0 saturated heterocycles. The zero-order valence-corrected chi connectivity index (χ0v) is 16.8. The number of rotatable bonds is 5. The molecule has 1 aromatic heterocycles. The van der Waals surface area contributed by atoms with E-state index in [4.69, 9.17) is 4.74 Å². The van der Waals surface area contributed by atoms with Gasteiger partial charge in [-0.1, -0.05) is 90.1 Å². The van der Waals surface area contributed by atoms with Crippen LogP contribution in [0, 0.1) is 0 Å². The Balaban J connectivity index is 1.51. The van der Waals surface area contributed by atoms with Crippen LogP contribution in [0.2, 0.25) is 0 Å². The standard InChI is InChI=1S/C24H22N4O2/c1-17(18-9-5-3-6-10-18)30-24(29)25-23-22(26-27-28(23)2)21-15-13-20(14-16-21)19-11-7-4-8-12-19/h3-17H,1-2H3,(H,25,29)/t17-/m1/s1. The molecule has 150 valence electrons. The van der Waals surface area contributed by atoms with Crippen molar-refractivity contribution < 1.29 is 9.53 Å². The van der Waals surface area contributed by atoms with E-state index in [-0.39, 0.29) is 6.10 Å². The highest BCUT2D eigenvalue weighted by atomic mass is 16.6. The molecule has 6 heteroatoms. The van der Waals surface area contributed by atoms with Gasteiger partial charge in [-0.25, -0.2) is 9.48 Å². The van der Waals surface area contributed by atoms with Gasteiger partial charge >= 0.3 is 6.09 Å². The van der Waals surface area contributed by atoms with Gasteiger partial charge in [0.05, 0.1) is 0 Å². The molecule has 1 N–H and O–H groups in total. The first kappa shape index (κ1) is 19.4. The molecule has 3 aromatic carbocycles. The molecule has 6 nitrogen and oxygen atoms in total. The van der Waals surface area contributed by atoms with Crippen molar-refractivity contribution in [1.82, 2.24) is 15.0 Å². The summed E-state index contributed by atoms with van der Waals surface area (Å²) in [5.74, 6) is 0.479. The molecule has 0 radical (unpaired) electrons. The molecule has 1 atom stereocenters. The maximum Gasteiger partial charge on any atom is 0.413 e. The molecule has 0 saturated carbocycles. The second-order valence-electron chi connectivity index (χ2n) is 6.94. The second-order valence-corrected chi connectivity index (χ2v) is 6.94. The van der Waals surface area contributed by atoms with E-state index in [0.29, 0.717) is 11.5 Å². The van der Waals surface area contributed by atoms with Crippen LogP contribution in [0.25, 0.3) is 22.4 Å². The van der Waals surface area contributed by atoms with E-state index < -0.39 is 6.09 Å². The molecular weight excluding hydrogens is 376 g/mol. The summed E-state index contributed by atoms with van der Waals surface area (Å²) in [4.78, 5) is 12.5. The maximum atomic E-state index is 12.5. The number of anilines is 1. The molecule has 1 amide bonds. The molecule has 0 aliphatic rings. The molecule has 0 fully saturated rings. The van der Waals surface area contributed by atoms with Gasteiger partial charge < -0.3 is 4.74 Å². The van der Waals surface area contributed by atoms with Gasteiger partial charge in [0.15, 0.2) is 5.82 Å². The summed E-state index contributed by atoms with van der Waals surface area (Å²) in [7, 11) is 1.73. The number of carbonyl (C=O) groups is 1. The molecule has 0 aliphatic carbocycles. The largest absolute Gasteiger partial charge is 0.441 e. The van der Waals surface area contributed by atoms with Crippen molar-refractivity contribution in [1.29, 1.82) is 0 Å². The molecular formula is C24H22N4O2. The topological polar surface area (TPSA) is 69.0 Å². The van der Waals surface area contributed by atoms with Gasteiger partial charge in [-0.15, -0.1) is 5.10 Å². The maximum absolute atomic E-state index is 12.5. The lowest BCUT2D eigenvalue weighted by Gasteiger charge is -2.14. The zero-order chi connectivity index (χ0) is 20.9. The fourth-order valence-corrected chi connectivity index (χ4v) is 3.22. The summed E-state index contributed by atoms with van der Waals surface area (Å²) in [6.45, 7) is 1.83. The number of amides is 1. The van der Waals surface area contributed by atoms with Gasteiger partial charge in [0, 0.05) is 12.6 Å². The molecule has 0 unspecified atom stereocenters. The Morgan fingerprint density at radius 3 is 2.10 bits per heavy atom. The van der Waals surface area contributed by atoms with E-state index in [0.717, 1.165) is 22.3 Å². The minimum Gasteiger partial charge on any atom is -0.441 e. The molecule has 0 aliphatic heterocycles. The van der Waals surface area contributed by atoms with Crippen LogP contribution < -0.4 is 5.32 Å². The van der Waals surface area contributed by atoms with Gasteiger partial charge in [0.1, 0.15) is 11.8 Å². The Morgan fingerprint density at radius 2 is 1.43 bits per heavy atom. The third kappa shape index (κ3) is 4.22. The molecule has 0 spiro atoms. The first-order chi connectivity index (χ1) is 14.6. The molecule has 1 heterocycles. The Morgan fingerprint density at radius 1 is 0.867 bits per heavy atom. The number of aryl methyl sites for hydroxylation is 1. The monoisotopic (exact) mass is 398 g/mol. The van der Waals surface area contributed by atoms with E-state index in [1.807, 2.05) is 79.7 Å². The van der Waals surface area contributed by atoms with Crippen LogP contribution in [0.4, 0.5) is 10.6 Å². The van der Waals surface area contributed by atoms with Crippen LogP contribution in [0.15, 0.2) is 84.9 Å². The lowest BCUT2D eigenvalue weighted by molar-refractivity contribution is 0.121. The summed E-state index contributed by atoms with van der Waals surface area (Å²) in [5, 5.41) is 11.1. The zero-order valence-electron chi connectivity index (χ0n) is 16.8. The van der Waals surface area contributed by atoms with Gasteiger partial charge in [-0.3, -0.25) is 5.32 Å². The van der Waals surface area contributed by atoms with Crippen LogP contribution in [0.5, 0.6) is 0 Å². The summed E-state index contributed by atoms with van der Waals surface area (Å²) < 4.78 is 7.04. The first-order valence-corrected chi connectivity index (χ1v) is 9.70. The molecule has 4 rings (SSSR count). The number of carbonyl (C=O) groups excluding carboxylic acids is 1. The highest BCUT2D eigenvalue weighted by Gasteiger charge is 2.18. The van der Waals surface area contributed by atoms with Crippen LogP contribution in [-0.4, -0.2) is 21.1 Å². The lowest BCUT2D eigenvalue weighted by Crippen LogP contribution is -2.18. The number of nitrogens with one attached hydrogen (secondary N) is 1. The van der Waals surface area contributed by atoms with E-state index >= 15 is 0 Å². The number of nitrogens with zero attached hydrogens (tertiary/aromatic N) is 3. The Bertz CT molecular complexity index is 1120. The Labute approximate surface area is 175 Å². The third-order valence-corrected chi connectivity index (χ3v) is 4.87. The van der Waals surface area contributed by atoms with Crippen LogP contribution >= 0.6 is 0 Å². The fraction of sp³-hybridized carbons (Fsp3) is 0.125. The average molecular weight is 398 g/mol. The van der Waals surface area contributed by atoms with Crippen LogP contribution in [-0.2, 0) is 11.8 Å².